The minimum absolute atomic E-state index is 0.0811. The smallest absolute Gasteiger partial charge is 0.337 e. The maximum absolute atomic E-state index is 12.4. The predicted molar refractivity (Wildman–Crippen MR) is 141 cm³/mol. The van der Waals surface area contributed by atoms with Crippen molar-refractivity contribution in [3.63, 3.8) is 0 Å². The zero-order valence-corrected chi connectivity index (χ0v) is 21.1. The zero-order valence-electron chi connectivity index (χ0n) is 21.1. The molecule has 11 nitrogen and oxygen atoms in total. The summed E-state index contributed by atoms with van der Waals surface area (Å²) in [7, 11) is 0. The summed E-state index contributed by atoms with van der Waals surface area (Å²) >= 11 is 0. The first-order valence-corrected chi connectivity index (χ1v) is 12.5. The van der Waals surface area contributed by atoms with Gasteiger partial charge in [-0.3, -0.25) is 10.1 Å². The number of hydrogen-bond donors (Lipinski definition) is 0. The van der Waals surface area contributed by atoms with Crippen LogP contribution in [0.1, 0.15) is 67.4 Å². The molecule has 1 aliphatic heterocycles. The molecule has 3 heterocycles. The molecule has 1 aliphatic rings. The van der Waals surface area contributed by atoms with Crippen LogP contribution in [0.4, 0.5) is 11.5 Å². The van der Waals surface area contributed by atoms with Crippen molar-refractivity contribution in [1.82, 2.24) is 20.1 Å². The average molecular weight is 514 g/mol. The highest BCUT2D eigenvalue weighted by Crippen LogP contribution is 2.41. The maximum atomic E-state index is 12.4. The summed E-state index contributed by atoms with van der Waals surface area (Å²) in [5.41, 5.74) is 1.66. The summed E-state index contributed by atoms with van der Waals surface area (Å²) in [6.45, 7) is 5.08. The number of nitro groups is 1. The van der Waals surface area contributed by atoms with E-state index in [9.17, 15) is 15.0 Å². The van der Waals surface area contributed by atoms with Crippen molar-refractivity contribution in [2.75, 3.05) is 18.0 Å². The number of hydrogen-bond acceptors (Lipinski definition) is 10. The Hall–Kier alpha value is -4.54. The first-order valence-electron chi connectivity index (χ1n) is 12.5. The van der Waals surface area contributed by atoms with Crippen LogP contribution in [0.15, 0.2) is 70.6 Å². The Kier molecular flexibility index (Phi) is 7.16. The molecule has 4 aromatic rings. The SMILES string of the molecule is CC(C)c1noc(C2CCN(c3ncnc(-c4ccccc4C(N=O)c4ccccc4)c3[N+](=O)[O-])CC2)n1. The number of benzene rings is 2. The van der Waals surface area contributed by atoms with Crippen LogP contribution in [-0.2, 0) is 0 Å². The van der Waals surface area contributed by atoms with Gasteiger partial charge in [0.2, 0.25) is 11.7 Å². The van der Waals surface area contributed by atoms with Gasteiger partial charge < -0.3 is 9.42 Å². The van der Waals surface area contributed by atoms with Gasteiger partial charge >= 0.3 is 5.69 Å². The van der Waals surface area contributed by atoms with E-state index in [1.807, 2.05) is 36.9 Å². The normalized spacial score (nSPS) is 15.0. The minimum atomic E-state index is -0.841. The molecule has 0 N–H and O–H groups in total. The van der Waals surface area contributed by atoms with E-state index in [1.165, 1.54) is 6.33 Å². The van der Waals surface area contributed by atoms with Crippen LogP contribution in [-0.4, -0.2) is 38.1 Å². The van der Waals surface area contributed by atoms with Gasteiger partial charge in [0, 0.05) is 30.5 Å². The lowest BCUT2D eigenvalue weighted by molar-refractivity contribution is -0.383. The molecule has 0 saturated carbocycles. The third-order valence-electron chi connectivity index (χ3n) is 6.83. The van der Waals surface area contributed by atoms with Crippen LogP contribution in [0.2, 0.25) is 0 Å². The molecule has 194 valence electrons. The molecular formula is C27H27N7O4. The molecular weight excluding hydrogens is 486 g/mol. The number of nitroso groups, excluding NO2 is 1. The highest BCUT2D eigenvalue weighted by Gasteiger charge is 2.33. The van der Waals surface area contributed by atoms with Crippen molar-refractivity contribution in [1.29, 1.82) is 0 Å². The van der Waals surface area contributed by atoms with E-state index < -0.39 is 11.0 Å². The number of nitrogens with zero attached hydrogens (tertiary/aromatic N) is 7. The highest BCUT2D eigenvalue weighted by molar-refractivity contribution is 5.79. The topological polar surface area (TPSA) is 141 Å². The van der Waals surface area contributed by atoms with E-state index in [-0.39, 0.29) is 29.0 Å². The van der Waals surface area contributed by atoms with Crippen molar-refractivity contribution < 1.29 is 9.45 Å². The van der Waals surface area contributed by atoms with E-state index in [0.29, 0.717) is 54.3 Å². The van der Waals surface area contributed by atoms with Crippen molar-refractivity contribution in [3.8, 4) is 11.3 Å². The Labute approximate surface area is 219 Å². The van der Waals surface area contributed by atoms with Gasteiger partial charge in [-0.15, -0.1) is 4.91 Å². The van der Waals surface area contributed by atoms with E-state index in [4.69, 9.17) is 4.52 Å². The third kappa shape index (κ3) is 4.86. The quantitative estimate of drug-likeness (QED) is 0.162. The minimum Gasteiger partial charge on any atom is -0.351 e. The molecule has 2 aromatic heterocycles. The molecule has 0 aliphatic carbocycles. The summed E-state index contributed by atoms with van der Waals surface area (Å²) in [5, 5.41) is 19.8. The molecule has 2 aromatic carbocycles. The van der Waals surface area contributed by atoms with Crippen molar-refractivity contribution >= 4 is 11.5 Å². The molecule has 1 atom stereocenters. The Morgan fingerprint density at radius 3 is 2.42 bits per heavy atom. The average Bonchev–Trinajstić information content (AvgIpc) is 3.45. The Morgan fingerprint density at radius 1 is 1.05 bits per heavy atom. The lowest BCUT2D eigenvalue weighted by Crippen LogP contribution is -2.34. The van der Waals surface area contributed by atoms with Gasteiger partial charge in [0.25, 0.3) is 0 Å². The number of piperidine rings is 1. The molecule has 5 rings (SSSR count). The van der Waals surface area contributed by atoms with Crippen LogP contribution < -0.4 is 4.90 Å². The van der Waals surface area contributed by atoms with Crippen LogP contribution in [0, 0.1) is 15.0 Å². The molecule has 0 bridgehead atoms. The fraction of sp³-hybridized carbons (Fsp3) is 0.333. The van der Waals surface area contributed by atoms with Crippen molar-refractivity contribution in [2.45, 2.75) is 44.6 Å². The van der Waals surface area contributed by atoms with E-state index in [2.05, 4.69) is 25.3 Å². The first-order chi connectivity index (χ1) is 18.5. The second-order valence-corrected chi connectivity index (χ2v) is 9.56. The fourth-order valence-corrected chi connectivity index (χ4v) is 4.84. The first kappa shape index (κ1) is 25.1. The molecule has 1 fully saturated rings. The summed E-state index contributed by atoms with van der Waals surface area (Å²) in [6, 6.07) is 15.3. The zero-order chi connectivity index (χ0) is 26.6. The Balaban J connectivity index is 1.48. The van der Waals surface area contributed by atoms with Gasteiger partial charge in [0.15, 0.2) is 11.5 Å². The van der Waals surface area contributed by atoms with Gasteiger partial charge in [-0.05, 0) is 24.0 Å². The van der Waals surface area contributed by atoms with Crippen LogP contribution in [0.5, 0.6) is 0 Å². The van der Waals surface area contributed by atoms with Gasteiger partial charge in [-0.2, -0.15) is 4.98 Å². The van der Waals surface area contributed by atoms with Crippen molar-refractivity contribution in [2.24, 2.45) is 5.18 Å². The molecule has 38 heavy (non-hydrogen) atoms. The van der Waals surface area contributed by atoms with Gasteiger partial charge in [-0.25, -0.2) is 9.97 Å². The van der Waals surface area contributed by atoms with Crippen LogP contribution in [0.25, 0.3) is 11.3 Å². The standard InChI is InChI=1S/C27H27N7O4/c1-17(2)25-30-27(38-32-25)19-12-14-33(15-13-19)26-24(34(36)37)23(28-16-29-26)21-11-7-6-10-20(21)22(31-35)18-8-4-3-5-9-18/h3-11,16-17,19,22H,12-15H2,1-2H3. The lowest BCUT2D eigenvalue weighted by Gasteiger charge is -2.31. The number of anilines is 1. The molecule has 11 heteroatoms. The largest absolute Gasteiger partial charge is 0.351 e. The summed E-state index contributed by atoms with van der Waals surface area (Å²) < 4.78 is 5.48. The van der Waals surface area contributed by atoms with Gasteiger partial charge in [-0.1, -0.05) is 78.8 Å². The predicted octanol–water partition coefficient (Wildman–Crippen LogP) is 5.80. The fourth-order valence-electron chi connectivity index (χ4n) is 4.84. The Bertz CT molecular complexity index is 1430. The van der Waals surface area contributed by atoms with Gasteiger partial charge in [0.1, 0.15) is 12.4 Å². The molecule has 0 radical (unpaired) electrons. The van der Waals surface area contributed by atoms with E-state index in [0.717, 1.165) is 0 Å². The number of aromatic nitrogens is 4. The second kappa shape index (κ2) is 10.8. The van der Waals surface area contributed by atoms with Crippen LogP contribution in [0.3, 0.4) is 0 Å². The van der Waals surface area contributed by atoms with Gasteiger partial charge in [0.05, 0.1) is 4.92 Å². The monoisotopic (exact) mass is 513 g/mol. The third-order valence-corrected chi connectivity index (χ3v) is 6.83. The highest BCUT2D eigenvalue weighted by atomic mass is 16.6. The second-order valence-electron chi connectivity index (χ2n) is 9.56. The summed E-state index contributed by atoms with van der Waals surface area (Å²) in [4.78, 5) is 39.0. The molecule has 1 saturated heterocycles. The number of rotatable bonds is 8. The van der Waals surface area contributed by atoms with E-state index in [1.54, 1.807) is 36.4 Å². The Morgan fingerprint density at radius 2 is 1.76 bits per heavy atom. The maximum Gasteiger partial charge on any atom is 0.337 e. The molecule has 0 amide bonds. The molecule has 0 spiro atoms. The summed E-state index contributed by atoms with van der Waals surface area (Å²) in [6.07, 6.45) is 2.72. The van der Waals surface area contributed by atoms with Crippen molar-refractivity contribution in [3.05, 3.63) is 98.8 Å². The molecule has 1 unspecified atom stereocenters. The summed E-state index contributed by atoms with van der Waals surface area (Å²) in [5.74, 6) is 1.78. The lowest BCUT2D eigenvalue weighted by atomic mass is 9.92. The van der Waals surface area contributed by atoms with E-state index >= 15 is 0 Å². The van der Waals surface area contributed by atoms with Crippen LogP contribution >= 0.6 is 0 Å².